The largest absolute Gasteiger partial charge is 0.480 e. The summed E-state index contributed by atoms with van der Waals surface area (Å²) in [6, 6.07) is 8.02. The van der Waals surface area contributed by atoms with Crippen LogP contribution in [0.25, 0.3) is 10.6 Å². The number of carboxylic acids is 1. The van der Waals surface area contributed by atoms with Gasteiger partial charge in [0.15, 0.2) is 4.34 Å². The first-order valence-electron chi connectivity index (χ1n) is 5.36. The van der Waals surface area contributed by atoms with E-state index in [1.54, 1.807) is 6.92 Å². The molecule has 2 rings (SSSR count). The fraction of sp³-hybridized carbons (Fsp3) is 0.250. The summed E-state index contributed by atoms with van der Waals surface area (Å²) in [5.41, 5.74) is 2.20. The Bertz CT molecular complexity index is 551. The SMILES string of the molecule is Cc1ccc(-c2nnc(SC(C)C(=O)O)s2)cc1. The second-order valence-corrected chi connectivity index (χ2v) is 6.40. The number of nitrogens with zero attached hydrogens (tertiary/aromatic N) is 2. The van der Waals surface area contributed by atoms with E-state index in [2.05, 4.69) is 10.2 Å². The quantitative estimate of drug-likeness (QED) is 0.872. The van der Waals surface area contributed by atoms with Crippen molar-refractivity contribution in [2.24, 2.45) is 0 Å². The molecule has 1 heterocycles. The highest BCUT2D eigenvalue weighted by Crippen LogP contribution is 2.31. The summed E-state index contributed by atoms with van der Waals surface area (Å²) >= 11 is 2.63. The molecule has 0 saturated carbocycles. The van der Waals surface area contributed by atoms with Crippen molar-refractivity contribution in [2.45, 2.75) is 23.4 Å². The van der Waals surface area contributed by atoms with Crippen molar-refractivity contribution in [3.05, 3.63) is 29.8 Å². The van der Waals surface area contributed by atoms with Gasteiger partial charge in [0.25, 0.3) is 0 Å². The van der Waals surface area contributed by atoms with Crippen molar-refractivity contribution in [1.29, 1.82) is 0 Å². The Balaban J connectivity index is 2.15. The van der Waals surface area contributed by atoms with Gasteiger partial charge in [-0.15, -0.1) is 10.2 Å². The molecule has 0 aliphatic heterocycles. The molecule has 1 aromatic heterocycles. The molecule has 1 atom stereocenters. The highest BCUT2D eigenvalue weighted by atomic mass is 32.2. The zero-order chi connectivity index (χ0) is 13.1. The molecule has 4 nitrogen and oxygen atoms in total. The van der Waals surface area contributed by atoms with Crippen molar-refractivity contribution in [1.82, 2.24) is 10.2 Å². The van der Waals surface area contributed by atoms with Gasteiger partial charge in [-0.2, -0.15) is 0 Å². The third-order valence-corrected chi connectivity index (χ3v) is 4.47. The van der Waals surface area contributed by atoms with Crippen molar-refractivity contribution < 1.29 is 9.90 Å². The molecule has 2 aromatic rings. The van der Waals surface area contributed by atoms with E-state index in [1.165, 1.54) is 28.7 Å². The van der Waals surface area contributed by atoms with Crippen LogP contribution in [-0.4, -0.2) is 26.5 Å². The van der Waals surface area contributed by atoms with Gasteiger partial charge in [-0.25, -0.2) is 0 Å². The van der Waals surface area contributed by atoms with E-state index < -0.39 is 11.2 Å². The van der Waals surface area contributed by atoms with Gasteiger partial charge in [0.05, 0.1) is 0 Å². The van der Waals surface area contributed by atoms with E-state index in [0.717, 1.165) is 10.6 Å². The van der Waals surface area contributed by atoms with Gasteiger partial charge >= 0.3 is 5.97 Å². The Morgan fingerprint density at radius 1 is 1.33 bits per heavy atom. The van der Waals surface area contributed by atoms with E-state index >= 15 is 0 Å². The van der Waals surface area contributed by atoms with Crippen LogP contribution in [0, 0.1) is 6.92 Å². The lowest BCUT2D eigenvalue weighted by molar-refractivity contribution is -0.136. The summed E-state index contributed by atoms with van der Waals surface area (Å²) in [7, 11) is 0. The molecule has 0 saturated heterocycles. The summed E-state index contributed by atoms with van der Waals surface area (Å²) in [5.74, 6) is -0.841. The van der Waals surface area contributed by atoms with E-state index in [1.807, 2.05) is 31.2 Å². The summed E-state index contributed by atoms with van der Waals surface area (Å²) in [4.78, 5) is 10.8. The molecule has 0 aliphatic rings. The minimum absolute atomic E-state index is 0.510. The third kappa shape index (κ3) is 3.08. The summed E-state index contributed by atoms with van der Waals surface area (Å²) in [6.45, 7) is 3.67. The summed E-state index contributed by atoms with van der Waals surface area (Å²) in [6.07, 6.45) is 0. The van der Waals surface area contributed by atoms with E-state index in [4.69, 9.17) is 5.11 Å². The molecular formula is C12H12N2O2S2. The number of aryl methyl sites for hydroxylation is 1. The number of aliphatic carboxylic acids is 1. The molecule has 94 valence electrons. The molecule has 0 aliphatic carbocycles. The van der Waals surface area contributed by atoms with Crippen LogP contribution in [0.1, 0.15) is 12.5 Å². The maximum absolute atomic E-state index is 10.8. The topological polar surface area (TPSA) is 63.1 Å². The number of rotatable bonds is 4. The van der Waals surface area contributed by atoms with Gasteiger partial charge in [-0.05, 0) is 13.8 Å². The standard InChI is InChI=1S/C12H12N2O2S2/c1-7-3-5-9(6-4-7)10-13-14-12(18-10)17-8(2)11(15)16/h3-6,8H,1-2H3,(H,15,16). The van der Waals surface area contributed by atoms with Crippen LogP contribution < -0.4 is 0 Å². The van der Waals surface area contributed by atoms with Crippen molar-refractivity contribution in [3.63, 3.8) is 0 Å². The van der Waals surface area contributed by atoms with Gasteiger partial charge in [-0.3, -0.25) is 4.79 Å². The Hall–Kier alpha value is -1.40. The Kier molecular flexibility index (Phi) is 3.98. The molecule has 6 heteroatoms. The predicted octanol–water partition coefficient (Wildman–Crippen LogP) is 3.08. The van der Waals surface area contributed by atoms with Gasteiger partial charge in [-0.1, -0.05) is 52.9 Å². The lowest BCUT2D eigenvalue weighted by Gasteiger charge is -2.00. The summed E-state index contributed by atoms with van der Waals surface area (Å²) < 4.78 is 0.681. The van der Waals surface area contributed by atoms with Crippen LogP contribution >= 0.6 is 23.1 Å². The average Bonchev–Trinajstić information content (AvgIpc) is 2.78. The first-order valence-corrected chi connectivity index (χ1v) is 7.06. The summed E-state index contributed by atoms with van der Waals surface area (Å²) in [5, 5.41) is 17.2. The highest BCUT2D eigenvalue weighted by molar-refractivity contribution is 8.02. The van der Waals surface area contributed by atoms with Gasteiger partial charge < -0.3 is 5.11 Å². The van der Waals surface area contributed by atoms with Crippen molar-refractivity contribution in [2.75, 3.05) is 0 Å². The van der Waals surface area contributed by atoms with Crippen LogP contribution in [0.4, 0.5) is 0 Å². The first-order chi connectivity index (χ1) is 8.56. The molecular weight excluding hydrogens is 268 g/mol. The molecule has 1 aromatic carbocycles. The van der Waals surface area contributed by atoms with Crippen LogP contribution in [0.3, 0.4) is 0 Å². The van der Waals surface area contributed by atoms with Crippen LogP contribution in [0.5, 0.6) is 0 Å². The van der Waals surface area contributed by atoms with Crippen LogP contribution in [-0.2, 0) is 4.79 Å². The fourth-order valence-electron chi connectivity index (χ4n) is 1.27. The molecule has 0 fully saturated rings. The predicted molar refractivity (Wildman–Crippen MR) is 73.0 cm³/mol. The number of thioether (sulfide) groups is 1. The Morgan fingerprint density at radius 2 is 2.00 bits per heavy atom. The minimum atomic E-state index is -0.841. The van der Waals surface area contributed by atoms with Crippen LogP contribution in [0.15, 0.2) is 28.6 Å². The smallest absolute Gasteiger partial charge is 0.316 e. The third-order valence-electron chi connectivity index (χ3n) is 2.33. The van der Waals surface area contributed by atoms with Crippen molar-refractivity contribution in [3.8, 4) is 10.6 Å². The van der Waals surface area contributed by atoms with Gasteiger partial charge in [0.1, 0.15) is 10.3 Å². The zero-order valence-corrected chi connectivity index (χ0v) is 11.6. The minimum Gasteiger partial charge on any atom is -0.480 e. The maximum atomic E-state index is 10.8. The number of hydrogen-bond donors (Lipinski definition) is 1. The first kappa shape index (κ1) is 13.0. The number of hydrogen-bond acceptors (Lipinski definition) is 5. The van der Waals surface area contributed by atoms with Crippen LogP contribution in [0.2, 0.25) is 0 Å². The monoisotopic (exact) mass is 280 g/mol. The highest BCUT2D eigenvalue weighted by Gasteiger charge is 2.16. The number of carbonyl (C=O) groups is 1. The van der Waals surface area contributed by atoms with Crippen molar-refractivity contribution >= 4 is 29.1 Å². The van der Waals surface area contributed by atoms with E-state index in [-0.39, 0.29) is 0 Å². The lowest BCUT2D eigenvalue weighted by atomic mass is 10.2. The molecule has 0 spiro atoms. The number of aromatic nitrogens is 2. The van der Waals surface area contributed by atoms with E-state index in [9.17, 15) is 4.79 Å². The number of benzene rings is 1. The molecule has 0 radical (unpaired) electrons. The van der Waals surface area contributed by atoms with Gasteiger partial charge in [0.2, 0.25) is 0 Å². The van der Waals surface area contributed by atoms with E-state index in [0.29, 0.717) is 4.34 Å². The average molecular weight is 280 g/mol. The Morgan fingerprint density at radius 3 is 2.61 bits per heavy atom. The normalized spacial score (nSPS) is 12.3. The fourth-order valence-corrected chi connectivity index (χ4v) is 3.21. The molecule has 18 heavy (non-hydrogen) atoms. The molecule has 1 unspecified atom stereocenters. The van der Waals surface area contributed by atoms with Gasteiger partial charge in [0, 0.05) is 5.56 Å². The Labute approximate surface area is 113 Å². The second-order valence-electron chi connectivity index (χ2n) is 3.84. The molecule has 0 bridgehead atoms. The number of carboxylic acid groups (broad SMARTS) is 1. The maximum Gasteiger partial charge on any atom is 0.316 e. The lowest BCUT2D eigenvalue weighted by Crippen LogP contribution is -2.10. The second kappa shape index (κ2) is 5.49. The molecule has 0 amide bonds. The molecule has 1 N–H and O–H groups in total. The zero-order valence-electron chi connectivity index (χ0n) is 9.95.